The van der Waals surface area contributed by atoms with Gasteiger partial charge in [0.1, 0.15) is 0 Å². The molecule has 1 aliphatic heterocycles. The molecule has 1 amide bonds. The largest absolute Gasteiger partial charge is 0.324 e. The van der Waals surface area contributed by atoms with Gasteiger partial charge in [0.25, 0.3) is 0 Å². The van der Waals surface area contributed by atoms with E-state index in [1.54, 1.807) is 0 Å². The highest BCUT2D eigenvalue weighted by molar-refractivity contribution is 5.96. The molecule has 0 radical (unpaired) electrons. The van der Waals surface area contributed by atoms with Crippen molar-refractivity contribution >= 4 is 24.0 Å². The first-order chi connectivity index (χ1) is 11.8. The topological polar surface area (TPSA) is 44.4 Å². The summed E-state index contributed by atoms with van der Waals surface area (Å²) < 4.78 is 0. The fraction of sp³-hybridized carbons (Fsp3) is 0.350. The minimum absolute atomic E-state index is 0. The SMILES string of the molecule is CNC1CCCN(CC(=O)Nc2ccccc2-c2ccccc2)C1.Cl. The van der Waals surface area contributed by atoms with Crippen LogP contribution in [0.2, 0.25) is 0 Å². The molecule has 0 spiro atoms. The lowest BCUT2D eigenvalue weighted by molar-refractivity contribution is -0.117. The molecule has 134 valence electrons. The Morgan fingerprint density at radius 1 is 1.12 bits per heavy atom. The summed E-state index contributed by atoms with van der Waals surface area (Å²) in [4.78, 5) is 14.7. The van der Waals surface area contributed by atoms with Crippen molar-refractivity contribution in [1.29, 1.82) is 0 Å². The number of benzene rings is 2. The summed E-state index contributed by atoms with van der Waals surface area (Å²) in [7, 11) is 1.99. The second-order valence-electron chi connectivity index (χ2n) is 6.32. The number of piperidine rings is 1. The number of carbonyl (C=O) groups excluding carboxylic acids is 1. The molecule has 25 heavy (non-hydrogen) atoms. The molecule has 0 aromatic heterocycles. The molecular weight excluding hydrogens is 334 g/mol. The van der Waals surface area contributed by atoms with Crippen molar-refractivity contribution in [3.05, 3.63) is 54.6 Å². The van der Waals surface area contributed by atoms with E-state index in [1.165, 1.54) is 6.42 Å². The molecule has 4 nitrogen and oxygen atoms in total. The maximum absolute atomic E-state index is 12.5. The Morgan fingerprint density at radius 3 is 2.60 bits per heavy atom. The Labute approximate surface area is 156 Å². The summed E-state index contributed by atoms with van der Waals surface area (Å²) in [6.07, 6.45) is 2.32. The van der Waals surface area contributed by atoms with Crippen molar-refractivity contribution in [2.24, 2.45) is 0 Å². The Balaban J connectivity index is 0.00000225. The third kappa shape index (κ3) is 5.30. The maximum atomic E-state index is 12.5. The number of likely N-dealkylation sites (tertiary alicyclic amines) is 1. The summed E-state index contributed by atoms with van der Waals surface area (Å²) >= 11 is 0. The number of nitrogens with zero attached hydrogens (tertiary/aromatic N) is 1. The molecule has 1 fully saturated rings. The lowest BCUT2D eigenvalue weighted by Crippen LogP contribution is -2.46. The lowest BCUT2D eigenvalue weighted by Gasteiger charge is -2.32. The van der Waals surface area contributed by atoms with Gasteiger partial charge in [-0.1, -0.05) is 48.5 Å². The van der Waals surface area contributed by atoms with Gasteiger partial charge in [-0.2, -0.15) is 0 Å². The van der Waals surface area contributed by atoms with Crippen molar-refractivity contribution in [3.63, 3.8) is 0 Å². The number of rotatable bonds is 5. The average Bonchev–Trinajstić information content (AvgIpc) is 2.63. The minimum atomic E-state index is 0. The van der Waals surface area contributed by atoms with Gasteiger partial charge in [-0.25, -0.2) is 0 Å². The van der Waals surface area contributed by atoms with Crippen LogP contribution in [0.4, 0.5) is 5.69 Å². The number of anilines is 1. The van der Waals surface area contributed by atoms with Crippen LogP contribution in [0.1, 0.15) is 12.8 Å². The molecule has 1 unspecified atom stereocenters. The quantitative estimate of drug-likeness (QED) is 0.860. The van der Waals surface area contributed by atoms with E-state index in [9.17, 15) is 4.79 Å². The van der Waals surface area contributed by atoms with Gasteiger partial charge in [0, 0.05) is 23.8 Å². The predicted molar refractivity (Wildman–Crippen MR) is 106 cm³/mol. The van der Waals surface area contributed by atoms with E-state index >= 15 is 0 Å². The average molecular weight is 360 g/mol. The summed E-state index contributed by atoms with van der Waals surface area (Å²) in [5.74, 6) is 0.0511. The zero-order valence-corrected chi connectivity index (χ0v) is 15.4. The van der Waals surface area contributed by atoms with E-state index in [0.29, 0.717) is 12.6 Å². The third-order valence-electron chi connectivity index (χ3n) is 4.57. The van der Waals surface area contributed by atoms with E-state index in [1.807, 2.05) is 49.5 Å². The number of amides is 1. The fourth-order valence-electron chi connectivity index (χ4n) is 3.29. The normalized spacial score (nSPS) is 17.6. The maximum Gasteiger partial charge on any atom is 0.238 e. The van der Waals surface area contributed by atoms with Gasteiger partial charge in [-0.15, -0.1) is 12.4 Å². The van der Waals surface area contributed by atoms with E-state index < -0.39 is 0 Å². The number of nitrogens with one attached hydrogen (secondary N) is 2. The highest BCUT2D eigenvalue weighted by Gasteiger charge is 2.20. The van der Waals surface area contributed by atoms with Crippen LogP contribution in [-0.2, 0) is 4.79 Å². The van der Waals surface area contributed by atoms with E-state index in [-0.39, 0.29) is 18.3 Å². The number of carbonyl (C=O) groups is 1. The second-order valence-corrected chi connectivity index (χ2v) is 6.32. The van der Waals surface area contributed by atoms with Gasteiger partial charge in [-0.3, -0.25) is 9.69 Å². The van der Waals surface area contributed by atoms with Crippen LogP contribution < -0.4 is 10.6 Å². The van der Waals surface area contributed by atoms with Crippen molar-refractivity contribution in [2.45, 2.75) is 18.9 Å². The lowest BCUT2D eigenvalue weighted by atomic mass is 10.0. The van der Waals surface area contributed by atoms with E-state index in [4.69, 9.17) is 0 Å². The number of hydrogen-bond acceptors (Lipinski definition) is 3. The monoisotopic (exact) mass is 359 g/mol. The first kappa shape index (κ1) is 19.4. The van der Waals surface area contributed by atoms with Crippen LogP contribution in [0.25, 0.3) is 11.1 Å². The first-order valence-electron chi connectivity index (χ1n) is 8.60. The number of para-hydroxylation sites is 1. The van der Waals surface area contributed by atoms with Crippen LogP contribution in [0.15, 0.2) is 54.6 Å². The molecule has 0 aliphatic carbocycles. The zero-order chi connectivity index (χ0) is 16.8. The molecule has 5 heteroatoms. The van der Waals surface area contributed by atoms with Crippen molar-refractivity contribution in [2.75, 3.05) is 32.0 Å². The third-order valence-corrected chi connectivity index (χ3v) is 4.57. The molecule has 1 atom stereocenters. The molecule has 0 saturated carbocycles. The van der Waals surface area contributed by atoms with Gasteiger partial charge in [0.2, 0.25) is 5.91 Å². The van der Waals surface area contributed by atoms with Gasteiger partial charge < -0.3 is 10.6 Å². The van der Waals surface area contributed by atoms with Crippen molar-refractivity contribution in [3.8, 4) is 11.1 Å². The number of likely N-dealkylation sites (N-methyl/N-ethyl adjacent to an activating group) is 1. The smallest absolute Gasteiger partial charge is 0.238 e. The Bertz CT molecular complexity index is 678. The summed E-state index contributed by atoms with van der Waals surface area (Å²) in [5, 5.41) is 6.40. The predicted octanol–water partition coefficient (Wildman–Crippen LogP) is 3.40. The van der Waals surface area contributed by atoms with Crippen LogP contribution in [0.5, 0.6) is 0 Å². The Hall–Kier alpha value is -1.88. The molecule has 3 rings (SSSR count). The standard InChI is InChI=1S/C20H25N3O.ClH/c1-21-17-10-7-13-23(14-17)15-20(24)22-19-12-6-5-11-18(19)16-8-3-2-4-9-16;/h2-6,8-9,11-12,17,21H,7,10,13-15H2,1H3,(H,22,24);1H. The van der Waals surface area contributed by atoms with Crippen molar-refractivity contribution in [1.82, 2.24) is 10.2 Å². The summed E-state index contributed by atoms with van der Waals surface area (Å²) in [6.45, 7) is 2.37. The highest BCUT2D eigenvalue weighted by Crippen LogP contribution is 2.27. The summed E-state index contributed by atoms with van der Waals surface area (Å²) in [5.41, 5.74) is 3.04. The number of hydrogen-bond donors (Lipinski definition) is 2. The van der Waals surface area contributed by atoms with Gasteiger partial charge in [-0.05, 0) is 38.1 Å². The van der Waals surface area contributed by atoms with Crippen LogP contribution in [-0.4, -0.2) is 43.5 Å². The van der Waals surface area contributed by atoms with Crippen molar-refractivity contribution < 1.29 is 4.79 Å². The molecule has 0 bridgehead atoms. The van der Waals surface area contributed by atoms with Crippen LogP contribution in [0.3, 0.4) is 0 Å². The molecule has 1 aliphatic rings. The molecule has 2 aromatic carbocycles. The van der Waals surface area contributed by atoms with Crippen LogP contribution >= 0.6 is 12.4 Å². The van der Waals surface area contributed by atoms with Crippen LogP contribution in [0, 0.1) is 0 Å². The Morgan fingerprint density at radius 2 is 1.84 bits per heavy atom. The van der Waals surface area contributed by atoms with Gasteiger partial charge in [0.15, 0.2) is 0 Å². The highest BCUT2D eigenvalue weighted by atomic mass is 35.5. The summed E-state index contributed by atoms with van der Waals surface area (Å²) in [6, 6.07) is 18.6. The fourth-order valence-corrected chi connectivity index (χ4v) is 3.29. The Kier molecular flexibility index (Phi) is 7.44. The number of halogens is 1. The first-order valence-corrected chi connectivity index (χ1v) is 8.60. The molecule has 2 N–H and O–H groups in total. The van der Waals surface area contributed by atoms with E-state index in [2.05, 4.69) is 27.7 Å². The second kappa shape index (κ2) is 9.56. The molecule has 2 aromatic rings. The molecule has 1 heterocycles. The minimum Gasteiger partial charge on any atom is -0.324 e. The van der Waals surface area contributed by atoms with Gasteiger partial charge >= 0.3 is 0 Å². The zero-order valence-electron chi connectivity index (χ0n) is 14.6. The van der Waals surface area contributed by atoms with E-state index in [0.717, 1.165) is 36.3 Å². The van der Waals surface area contributed by atoms with Gasteiger partial charge in [0.05, 0.1) is 6.54 Å². The molecular formula is C20H26ClN3O. The molecule has 1 saturated heterocycles.